The Hall–Kier alpha value is -0.280. The molecule has 2 atom stereocenters. The molecule has 0 fully saturated rings. The van der Waals surface area contributed by atoms with Crippen LogP contribution in [0.15, 0.2) is 18.2 Å². The minimum atomic E-state index is 0.210. The van der Waals surface area contributed by atoms with Crippen molar-refractivity contribution < 1.29 is 0 Å². The lowest BCUT2D eigenvalue weighted by Crippen LogP contribution is -2.21. The van der Waals surface area contributed by atoms with Gasteiger partial charge in [-0.3, -0.25) is 0 Å². The second-order valence-electron chi connectivity index (χ2n) is 4.06. The van der Waals surface area contributed by atoms with Gasteiger partial charge in [-0.1, -0.05) is 29.3 Å². The van der Waals surface area contributed by atoms with Gasteiger partial charge in [0, 0.05) is 22.1 Å². The van der Waals surface area contributed by atoms with Gasteiger partial charge in [0.1, 0.15) is 0 Å². The van der Waals surface area contributed by atoms with Crippen LogP contribution in [0.5, 0.6) is 0 Å². The Morgan fingerprint density at radius 3 is 2.50 bits per heavy atom. The van der Waals surface area contributed by atoms with Gasteiger partial charge in [-0.15, -0.1) is 0 Å². The molecule has 0 aliphatic rings. The Kier molecular flexibility index (Phi) is 5.56. The highest BCUT2D eigenvalue weighted by Crippen LogP contribution is 2.28. The molecule has 1 aromatic carbocycles. The van der Waals surface area contributed by atoms with Crippen molar-refractivity contribution in [3.63, 3.8) is 0 Å². The van der Waals surface area contributed by atoms with Crippen molar-refractivity contribution in [2.45, 2.75) is 31.8 Å². The van der Waals surface area contributed by atoms with Crippen molar-refractivity contribution in [1.29, 1.82) is 0 Å². The second kappa shape index (κ2) is 6.45. The molecule has 0 aliphatic carbocycles. The second-order valence-corrected chi connectivity index (χ2v) is 4.91. The van der Waals surface area contributed by atoms with Crippen molar-refractivity contribution >= 4 is 23.2 Å². The fraction of sp³-hybridized carbons (Fsp3) is 0.500. The minimum Gasteiger partial charge on any atom is -0.328 e. The van der Waals surface area contributed by atoms with Crippen molar-refractivity contribution in [3.05, 3.63) is 33.8 Å². The molecule has 0 aliphatic heterocycles. The smallest absolute Gasteiger partial charge is 0.0468 e. The van der Waals surface area contributed by atoms with Crippen LogP contribution in [0.1, 0.15) is 31.4 Å². The van der Waals surface area contributed by atoms with Crippen LogP contribution in [-0.4, -0.2) is 13.1 Å². The molecule has 2 nitrogen and oxygen atoms in total. The van der Waals surface area contributed by atoms with Gasteiger partial charge >= 0.3 is 0 Å². The van der Waals surface area contributed by atoms with Crippen molar-refractivity contribution in [2.24, 2.45) is 5.73 Å². The summed E-state index contributed by atoms with van der Waals surface area (Å²) in [7, 11) is 1.93. The summed E-state index contributed by atoms with van der Waals surface area (Å²) in [5.41, 5.74) is 6.83. The highest BCUT2D eigenvalue weighted by Gasteiger charge is 2.13. The molecule has 90 valence electrons. The Balaban J connectivity index is 2.78. The van der Waals surface area contributed by atoms with Crippen LogP contribution < -0.4 is 11.1 Å². The van der Waals surface area contributed by atoms with Gasteiger partial charge in [0.15, 0.2) is 0 Å². The maximum atomic E-state index is 6.16. The number of nitrogens with two attached hydrogens (primary N) is 1. The van der Waals surface area contributed by atoms with E-state index in [2.05, 4.69) is 5.32 Å². The SMILES string of the molecule is CNC(CCC(C)N)c1ccc(Cl)cc1Cl. The van der Waals surface area contributed by atoms with Crippen LogP contribution >= 0.6 is 23.2 Å². The summed E-state index contributed by atoms with van der Waals surface area (Å²) in [5.74, 6) is 0. The van der Waals surface area contributed by atoms with E-state index in [1.807, 2.05) is 26.1 Å². The van der Waals surface area contributed by atoms with Crippen LogP contribution in [0, 0.1) is 0 Å². The van der Waals surface area contributed by atoms with E-state index < -0.39 is 0 Å². The molecule has 0 spiro atoms. The fourth-order valence-electron chi connectivity index (χ4n) is 1.67. The van der Waals surface area contributed by atoms with E-state index in [1.165, 1.54) is 0 Å². The van der Waals surface area contributed by atoms with E-state index in [1.54, 1.807) is 6.07 Å². The number of benzene rings is 1. The standard InChI is InChI=1S/C12H18Cl2N2/c1-8(15)3-6-12(16-2)10-5-4-9(13)7-11(10)14/h4-5,7-8,12,16H,3,6,15H2,1-2H3. The molecule has 0 saturated heterocycles. The van der Waals surface area contributed by atoms with Crippen LogP contribution in [-0.2, 0) is 0 Å². The lowest BCUT2D eigenvalue weighted by molar-refractivity contribution is 0.496. The largest absolute Gasteiger partial charge is 0.328 e. The average molecular weight is 261 g/mol. The van der Waals surface area contributed by atoms with E-state index >= 15 is 0 Å². The third-order valence-electron chi connectivity index (χ3n) is 2.60. The predicted octanol–water partition coefficient (Wildman–Crippen LogP) is 3.38. The lowest BCUT2D eigenvalue weighted by Gasteiger charge is -2.19. The number of rotatable bonds is 5. The van der Waals surface area contributed by atoms with Gasteiger partial charge < -0.3 is 11.1 Å². The van der Waals surface area contributed by atoms with Gasteiger partial charge in [0.25, 0.3) is 0 Å². The maximum absolute atomic E-state index is 6.16. The molecule has 3 N–H and O–H groups in total. The summed E-state index contributed by atoms with van der Waals surface area (Å²) in [6.45, 7) is 2.01. The summed E-state index contributed by atoms with van der Waals surface area (Å²) >= 11 is 12.0. The first kappa shape index (κ1) is 13.8. The molecule has 0 bridgehead atoms. The zero-order chi connectivity index (χ0) is 12.1. The molecule has 2 unspecified atom stereocenters. The van der Waals surface area contributed by atoms with Crippen molar-refractivity contribution in [1.82, 2.24) is 5.32 Å². The molecule has 1 aromatic rings. The zero-order valence-electron chi connectivity index (χ0n) is 9.63. The first-order valence-electron chi connectivity index (χ1n) is 5.42. The third kappa shape index (κ3) is 3.95. The minimum absolute atomic E-state index is 0.210. The van der Waals surface area contributed by atoms with Crippen molar-refractivity contribution in [2.75, 3.05) is 7.05 Å². The van der Waals surface area contributed by atoms with E-state index in [9.17, 15) is 0 Å². The first-order valence-corrected chi connectivity index (χ1v) is 6.18. The van der Waals surface area contributed by atoms with Gasteiger partial charge in [-0.05, 0) is 44.5 Å². The van der Waals surface area contributed by atoms with Gasteiger partial charge in [-0.2, -0.15) is 0 Å². The van der Waals surface area contributed by atoms with Crippen LogP contribution in [0.4, 0.5) is 0 Å². The summed E-state index contributed by atoms with van der Waals surface area (Å²) in [6, 6.07) is 6.04. The van der Waals surface area contributed by atoms with E-state index in [-0.39, 0.29) is 12.1 Å². The van der Waals surface area contributed by atoms with Crippen LogP contribution in [0.2, 0.25) is 10.0 Å². The van der Waals surface area contributed by atoms with Crippen molar-refractivity contribution in [3.8, 4) is 0 Å². The summed E-state index contributed by atoms with van der Waals surface area (Å²) in [4.78, 5) is 0. The number of halogens is 2. The Bertz CT molecular complexity index is 340. The first-order chi connectivity index (χ1) is 7.54. The number of nitrogens with one attached hydrogen (secondary N) is 1. The normalized spacial score (nSPS) is 14.8. The van der Waals surface area contributed by atoms with Gasteiger partial charge in [0.2, 0.25) is 0 Å². The Morgan fingerprint density at radius 1 is 1.31 bits per heavy atom. The quantitative estimate of drug-likeness (QED) is 0.852. The summed E-state index contributed by atoms with van der Waals surface area (Å²) < 4.78 is 0. The Morgan fingerprint density at radius 2 is 2.00 bits per heavy atom. The summed E-state index contributed by atoms with van der Waals surface area (Å²) in [5, 5.41) is 4.62. The number of hydrogen-bond donors (Lipinski definition) is 2. The molecule has 16 heavy (non-hydrogen) atoms. The average Bonchev–Trinajstić information content (AvgIpc) is 2.21. The zero-order valence-corrected chi connectivity index (χ0v) is 11.1. The maximum Gasteiger partial charge on any atom is 0.0468 e. The molecule has 0 amide bonds. The molecule has 0 saturated carbocycles. The molecule has 4 heteroatoms. The van der Waals surface area contributed by atoms with Gasteiger partial charge in [0.05, 0.1) is 0 Å². The molecular formula is C12H18Cl2N2. The lowest BCUT2D eigenvalue weighted by atomic mass is 10.00. The topological polar surface area (TPSA) is 38.0 Å². The van der Waals surface area contributed by atoms with E-state index in [0.717, 1.165) is 18.4 Å². The van der Waals surface area contributed by atoms with E-state index in [4.69, 9.17) is 28.9 Å². The Labute approximate surface area is 107 Å². The van der Waals surface area contributed by atoms with Gasteiger partial charge in [-0.25, -0.2) is 0 Å². The van der Waals surface area contributed by atoms with Crippen LogP contribution in [0.3, 0.4) is 0 Å². The summed E-state index contributed by atoms with van der Waals surface area (Å²) in [6.07, 6.45) is 1.93. The predicted molar refractivity (Wildman–Crippen MR) is 71.1 cm³/mol. The molecular weight excluding hydrogens is 243 g/mol. The number of hydrogen-bond acceptors (Lipinski definition) is 2. The molecule has 0 aromatic heterocycles. The third-order valence-corrected chi connectivity index (χ3v) is 3.16. The fourth-order valence-corrected chi connectivity index (χ4v) is 2.21. The molecule has 1 rings (SSSR count). The van der Waals surface area contributed by atoms with Crippen LogP contribution in [0.25, 0.3) is 0 Å². The monoisotopic (exact) mass is 260 g/mol. The molecule has 0 heterocycles. The van der Waals surface area contributed by atoms with E-state index in [0.29, 0.717) is 10.0 Å². The molecule has 0 radical (unpaired) electrons. The highest BCUT2D eigenvalue weighted by atomic mass is 35.5. The highest BCUT2D eigenvalue weighted by molar-refractivity contribution is 6.35.